The van der Waals surface area contributed by atoms with Crippen LogP contribution in [0.25, 0.3) is 11.3 Å². The Labute approximate surface area is 111 Å². The van der Waals surface area contributed by atoms with Crippen molar-refractivity contribution in [1.29, 1.82) is 0 Å². The lowest BCUT2D eigenvalue weighted by atomic mass is 9.89. The van der Waals surface area contributed by atoms with E-state index in [9.17, 15) is 4.79 Å². The van der Waals surface area contributed by atoms with Crippen molar-refractivity contribution in [2.45, 2.75) is 27.2 Å². The molecule has 0 amide bonds. The van der Waals surface area contributed by atoms with Crippen molar-refractivity contribution in [2.24, 2.45) is 5.41 Å². The van der Waals surface area contributed by atoms with Crippen LogP contribution < -0.4 is 0 Å². The molecule has 0 aliphatic carbocycles. The molecule has 0 radical (unpaired) electrons. The number of carboxylic acids is 1. The van der Waals surface area contributed by atoms with E-state index in [-0.39, 0.29) is 0 Å². The van der Waals surface area contributed by atoms with Crippen molar-refractivity contribution >= 4 is 5.97 Å². The van der Waals surface area contributed by atoms with Gasteiger partial charge in [-0.2, -0.15) is 0 Å². The molecule has 19 heavy (non-hydrogen) atoms. The van der Waals surface area contributed by atoms with Crippen molar-refractivity contribution in [2.75, 3.05) is 0 Å². The normalized spacial score (nSPS) is 11.5. The summed E-state index contributed by atoms with van der Waals surface area (Å²) in [7, 11) is 0. The van der Waals surface area contributed by atoms with E-state index in [0.717, 1.165) is 17.0 Å². The van der Waals surface area contributed by atoms with Gasteiger partial charge in [0.1, 0.15) is 5.82 Å². The van der Waals surface area contributed by atoms with E-state index in [1.54, 1.807) is 13.8 Å². The summed E-state index contributed by atoms with van der Waals surface area (Å²) in [6.07, 6.45) is 3.99. The molecule has 0 aliphatic rings. The van der Waals surface area contributed by atoms with Crippen molar-refractivity contribution in [1.82, 2.24) is 15.0 Å². The van der Waals surface area contributed by atoms with Crippen molar-refractivity contribution < 1.29 is 9.90 Å². The topological polar surface area (TPSA) is 78.9 Å². The van der Waals surface area contributed by atoms with Gasteiger partial charge in [0, 0.05) is 30.1 Å². The van der Waals surface area contributed by atoms with Crippen LogP contribution in [0.5, 0.6) is 0 Å². The van der Waals surface area contributed by atoms with Crippen LogP contribution in [0.3, 0.4) is 0 Å². The first-order chi connectivity index (χ1) is 8.88. The maximum atomic E-state index is 11.2. The van der Waals surface area contributed by atoms with Crippen LogP contribution in [0.1, 0.15) is 25.4 Å². The highest BCUT2D eigenvalue weighted by Gasteiger charge is 2.28. The quantitative estimate of drug-likeness (QED) is 0.883. The highest BCUT2D eigenvalue weighted by atomic mass is 16.4. The number of carbonyl (C=O) groups is 1. The van der Waals surface area contributed by atoms with Crippen LogP contribution in [0.2, 0.25) is 0 Å². The van der Waals surface area contributed by atoms with Gasteiger partial charge in [-0.05, 0) is 32.9 Å². The Morgan fingerprint density at radius 3 is 2.74 bits per heavy atom. The zero-order valence-corrected chi connectivity index (χ0v) is 11.3. The van der Waals surface area contributed by atoms with Gasteiger partial charge in [-0.25, -0.2) is 9.97 Å². The Balaban J connectivity index is 2.35. The molecule has 100 valence electrons. The summed E-state index contributed by atoms with van der Waals surface area (Å²) in [6.45, 7) is 5.24. The molecule has 0 saturated carbocycles. The number of carboxylic acid groups (broad SMARTS) is 1. The van der Waals surface area contributed by atoms with Crippen LogP contribution in [0.4, 0.5) is 0 Å². The smallest absolute Gasteiger partial charge is 0.309 e. The van der Waals surface area contributed by atoms with Crippen LogP contribution in [-0.4, -0.2) is 26.0 Å². The van der Waals surface area contributed by atoms with Crippen molar-refractivity contribution in [3.8, 4) is 11.3 Å². The predicted molar refractivity (Wildman–Crippen MR) is 71.7 cm³/mol. The second-order valence-corrected chi connectivity index (χ2v) is 5.28. The van der Waals surface area contributed by atoms with Crippen molar-refractivity contribution in [3.63, 3.8) is 0 Å². The maximum absolute atomic E-state index is 11.2. The molecule has 0 fully saturated rings. The summed E-state index contributed by atoms with van der Waals surface area (Å²) in [5.74, 6) is -0.288. The first-order valence-corrected chi connectivity index (χ1v) is 6.09. The summed E-state index contributed by atoms with van der Waals surface area (Å²) in [5.41, 5.74) is 1.75. The Morgan fingerprint density at radius 2 is 2.16 bits per heavy atom. The fourth-order valence-corrected chi connectivity index (χ4v) is 1.81. The first kappa shape index (κ1) is 13.3. The minimum absolute atomic E-state index is 0.307. The molecule has 0 atom stereocenters. The van der Waals surface area contributed by atoms with Gasteiger partial charge >= 0.3 is 5.97 Å². The second-order valence-electron chi connectivity index (χ2n) is 5.28. The van der Waals surface area contributed by atoms with Crippen LogP contribution >= 0.6 is 0 Å². The Hall–Kier alpha value is -2.17. The molecule has 2 aromatic rings. The van der Waals surface area contributed by atoms with Gasteiger partial charge in [0.15, 0.2) is 0 Å². The molecular weight excluding hydrogens is 242 g/mol. The van der Waals surface area contributed by atoms with Gasteiger partial charge < -0.3 is 10.1 Å². The van der Waals surface area contributed by atoms with Crippen LogP contribution in [0.15, 0.2) is 24.5 Å². The number of hydrogen-bond acceptors (Lipinski definition) is 3. The highest BCUT2D eigenvalue weighted by molar-refractivity contribution is 5.73. The SMILES string of the molecule is Cc1cc(-c2cc[nH]c2)nc(CC(C)(C)C(=O)O)n1. The van der Waals surface area contributed by atoms with Gasteiger partial charge in [-0.3, -0.25) is 4.79 Å². The van der Waals surface area contributed by atoms with E-state index in [1.807, 2.05) is 31.5 Å². The molecule has 0 aliphatic heterocycles. The zero-order chi connectivity index (χ0) is 14.0. The lowest BCUT2D eigenvalue weighted by Crippen LogP contribution is -2.27. The highest BCUT2D eigenvalue weighted by Crippen LogP contribution is 2.23. The largest absolute Gasteiger partial charge is 0.481 e. The number of aryl methyl sites for hydroxylation is 1. The minimum atomic E-state index is -0.872. The van der Waals surface area contributed by atoms with Crippen LogP contribution in [0, 0.1) is 12.3 Å². The maximum Gasteiger partial charge on any atom is 0.309 e. The number of aromatic nitrogens is 3. The molecule has 5 heteroatoms. The van der Waals surface area contributed by atoms with E-state index >= 15 is 0 Å². The summed E-state index contributed by atoms with van der Waals surface area (Å²) >= 11 is 0. The Morgan fingerprint density at radius 1 is 1.42 bits per heavy atom. The molecule has 2 aromatic heterocycles. The second kappa shape index (κ2) is 4.84. The monoisotopic (exact) mass is 259 g/mol. The fraction of sp³-hybridized carbons (Fsp3) is 0.357. The lowest BCUT2D eigenvalue weighted by Gasteiger charge is -2.18. The molecule has 0 spiro atoms. The van der Waals surface area contributed by atoms with Crippen molar-refractivity contribution in [3.05, 3.63) is 36.0 Å². The number of nitrogens with zero attached hydrogens (tertiary/aromatic N) is 2. The number of aliphatic carboxylic acids is 1. The molecule has 2 rings (SSSR count). The molecular formula is C14H17N3O2. The van der Waals surface area contributed by atoms with Gasteiger partial charge in [0.05, 0.1) is 11.1 Å². The third kappa shape index (κ3) is 2.99. The van der Waals surface area contributed by atoms with Gasteiger partial charge in [0.2, 0.25) is 0 Å². The summed E-state index contributed by atoms with van der Waals surface area (Å²) in [5, 5.41) is 9.16. The number of hydrogen-bond donors (Lipinski definition) is 2. The van der Waals surface area contributed by atoms with E-state index in [1.165, 1.54) is 0 Å². The molecule has 2 heterocycles. The van der Waals surface area contributed by atoms with Gasteiger partial charge in [-0.15, -0.1) is 0 Å². The minimum Gasteiger partial charge on any atom is -0.481 e. The molecule has 0 saturated heterocycles. The number of rotatable bonds is 4. The molecule has 0 unspecified atom stereocenters. The first-order valence-electron chi connectivity index (χ1n) is 6.09. The Kier molecular flexibility index (Phi) is 3.38. The molecule has 5 nitrogen and oxygen atoms in total. The number of aromatic amines is 1. The summed E-state index contributed by atoms with van der Waals surface area (Å²) in [4.78, 5) is 22.9. The van der Waals surface area contributed by atoms with Gasteiger partial charge in [0.25, 0.3) is 0 Å². The zero-order valence-electron chi connectivity index (χ0n) is 11.3. The van der Waals surface area contributed by atoms with E-state index in [2.05, 4.69) is 15.0 Å². The fourth-order valence-electron chi connectivity index (χ4n) is 1.81. The number of nitrogens with one attached hydrogen (secondary N) is 1. The molecule has 0 bridgehead atoms. The van der Waals surface area contributed by atoms with Gasteiger partial charge in [-0.1, -0.05) is 0 Å². The standard InChI is InChI=1S/C14H17N3O2/c1-9-6-11(10-4-5-15-8-10)17-12(16-9)7-14(2,3)13(18)19/h4-6,8,15H,7H2,1-3H3,(H,18,19). The third-order valence-corrected chi connectivity index (χ3v) is 2.97. The molecule has 2 N–H and O–H groups in total. The summed E-state index contributed by atoms with van der Waals surface area (Å²) in [6, 6.07) is 3.81. The summed E-state index contributed by atoms with van der Waals surface area (Å²) < 4.78 is 0. The predicted octanol–water partition coefficient (Wildman–Crippen LogP) is 2.43. The number of H-pyrrole nitrogens is 1. The third-order valence-electron chi connectivity index (χ3n) is 2.97. The Bertz CT molecular complexity index is 589. The average Bonchev–Trinajstić information content (AvgIpc) is 2.80. The lowest BCUT2D eigenvalue weighted by molar-refractivity contribution is -0.146. The van der Waals surface area contributed by atoms with E-state index in [4.69, 9.17) is 5.11 Å². The van der Waals surface area contributed by atoms with Crippen LogP contribution in [-0.2, 0) is 11.2 Å². The average molecular weight is 259 g/mol. The van der Waals surface area contributed by atoms with E-state index in [0.29, 0.717) is 12.2 Å². The van der Waals surface area contributed by atoms with E-state index < -0.39 is 11.4 Å². The molecule has 0 aromatic carbocycles.